The quantitative estimate of drug-likeness (QED) is 0.329. The highest BCUT2D eigenvalue weighted by Crippen LogP contribution is 2.57. The van der Waals surface area contributed by atoms with Crippen molar-refractivity contribution in [3.63, 3.8) is 0 Å². The largest absolute Gasteiger partial charge is 0.485 e. The Hall–Kier alpha value is -2.76. The van der Waals surface area contributed by atoms with Gasteiger partial charge in [-0.1, -0.05) is 0 Å². The van der Waals surface area contributed by atoms with Gasteiger partial charge < -0.3 is 29.4 Å². The average Bonchev–Trinajstić information content (AvgIpc) is 3.46. The van der Waals surface area contributed by atoms with E-state index in [4.69, 9.17) is 9.47 Å². The fraction of sp³-hybridized carbons (Fsp3) is 0.222. The van der Waals surface area contributed by atoms with Crippen LogP contribution in [0.3, 0.4) is 0 Å². The van der Waals surface area contributed by atoms with E-state index in [9.17, 15) is 9.59 Å². The molecule has 0 atom stereocenters. The molecule has 8 nitrogen and oxygen atoms in total. The fourth-order valence-electron chi connectivity index (χ4n) is 3.71. The first-order valence-electron chi connectivity index (χ1n) is 8.87. The van der Waals surface area contributed by atoms with Gasteiger partial charge in [-0.05, 0) is 13.8 Å². The molecule has 0 aromatic carbocycles. The molecule has 6 rings (SSSR count). The summed E-state index contributed by atoms with van der Waals surface area (Å²) in [7, 11) is 0. The molecule has 0 spiro atoms. The van der Waals surface area contributed by atoms with Crippen LogP contribution in [-0.4, -0.2) is 33.1 Å². The third-order valence-electron chi connectivity index (χ3n) is 4.93. The SMILES string of the molecule is Cc1sc(-c2sc(-c3sc(C)c4[nH]c(=O)[nH]c34)c3c2OCCO3)c2[nH]c(=O)[nH]c12. The van der Waals surface area contributed by atoms with Crippen LogP contribution in [0.25, 0.3) is 41.6 Å². The minimum Gasteiger partial charge on any atom is -0.485 e. The number of aromatic amines is 4. The summed E-state index contributed by atoms with van der Waals surface area (Å²) in [6.07, 6.45) is 0. The molecule has 29 heavy (non-hydrogen) atoms. The lowest BCUT2D eigenvalue weighted by Crippen LogP contribution is -2.14. The van der Waals surface area contributed by atoms with Crippen molar-refractivity contribution in [1.82, 2.24) is 19.9 Å². The number of H-pyrrole nitrogens is 4. The highest BCUT2D eigenvalue weighted by molar-refractivity contribution is 7.28. The van der Waals surface area contributed by atoms with E-state index in [-0.39, 0.29) is 11.4 Å². The lowest BCUT2D eigenvalue weighted by Gasteiger charge is -2.16. The number of nitrogens with one attached hydrogen (secondary N) is 4. The summed E-state index contributed by atoms with van der Waals surface area (Å²) in [5, 5.41) is 0. The minimum atomic E-state index is -0.226. The van der Waals surface area contributed by atoms with Crippen molar-refractivity contribution < 1.29 is 9.47 Å². The summed E-state index contributed by atoms with van der Waals surface area (Å²) in [6.45, 7) is 4.89. The van der Waals surface area contributed by atoms with Crippen LogP contribution >= 0.6 is 34.0 Å². The number of rotatable bonds is 2. The Kier molecular flexibility index (Phi) is 3.47. The molecule has 11 heteroatoms. The smallest absolute Gasteiger partial charge is 0.323 e. The van der Waals surface area contributed by atoms with Gasteiger partial charge in [-0.2, -0.15) is 0 Å². The van der Waals surface area contributed by atoms with Gasteiger partial charge in [0.2, 0.25) is 0 Å². The summed E-state index contributed by atoms with van der Waals surface area (Å²) in [5.41, 5.74) is 2.75. The molecule has 5 aromatic rings. The normalized spacial score (nSPS) is 13.7. The second-order valence-electron chi connectivity index (χ2n) is 6.75. The Bertz CT molecular complexity index is 1420. The first-order chi connectivity index (χ1) is 14.0. The van der Waals surface area contributed by atoms with Crippen LogP contribution in [0.5, 0.6) is 11.5 Å². The van der Waals surface area contributed by atoms with Crippen molar-refractivity contribution in [2.24, 2.45) is 0 Å². The van der Waals surface area contributed by atoms with E-state index >= 15 is 0 Å². The zero-order valence-electron chi connectivity index (χ0n) is 15.3. The third-order valence-corrected chi connectivity index (χ3v) is 8.63. The number of fused-ring (bicyclic) bond motifs is 3. The highest BCUT2D eigenvalue weighted by Gasteiger charge is 2.31. The molecule has 6 heterocycles. The van der Waals surface area contributed by atoms with E-state index < -0.39 is 0 Å². The van der Waals surface area contributed by atoms with Crippen molar-refractivity contribution in [2.75, 3.05) is 13.2 Å². The molecule has 148 valence electrons. The number of ether oxygens (including phenoxy) is 2. The maximum absolute atomic E-state index is 11.9. The molecule has 0 unspecified atom stereocenters. The van der Waals surface area contributed by atoms with E-state index in [2.05, 4.69) is 19.9 Å². The van der Waals surface area contributed by atoms with Gasteiger partial charge in [0, 0.05) is 9.75 Å². The standard InChI is InChI=1S/C18H14N4O4S3/c1-5-7-9(21-17(23)19-7)13(27-5)15-11-12(26-4-3-25-11)16(29-15)14-10-8(6(2)28-14)20-18(24)22-10/h3-4H2,1-2H3,(H2,19,21,23)(H2,20,22,24). The number of imidazole rings is 2. The van der Waals surface area contributed by atoms with Crippen molar-refractivity contribution in [3.8, 4) is 31.0 Å². The zero-order valence-corrected chi connectivity index (χ0v) is 17.7. The lowest BCUT2D eigenvalue weighted by atomic mass is 10.2. The Labute approximate surface area is 174 Å². The van der Waals surface area contributed by atoms with Gasteiger partial charge in [-0.25, -0.2) is 9.59 Å². The van der Waals surface area contributed by atoms with Crippen LogP contribution < -0.4 is 20.9 Å². The topological polar surface area (TPSA) is 116 Å². The molecular formula is C18H14N4O4S3. The van der Waals surface area contributed by atoms with Crippen LogP contribution in [0.2, 0.25) is 0 Å². The van der Waals surface area contributed by atoms with Gasteiger partial charge in [0.05, 0.1) is 41.6 Å². The third kappa shape index (κ3) is 2.35. The van der Waals surface area contributed by atoms with Crippen LogP contribution in [0.4, 0.5) is 0 Å². The first-order valence-corrected chi connectivity index (χ1v) is 11.3. The lowest BCUT2D eigenvalue weighted by molar-refractivity contribution is 0.175. The Morgan fingerprint density at radius 1 is 0.621 bits per heavy atom. The van der Waals surface area contributed by atoms with Gasteiger partial charge in [0.25, 0.3) is 0 Å². The Morgan fingerprint density at radius 2 is 1.03 bits per heavy atom. The molecule has 4 N–H and O–H groups in total. The van der Waals surface area contributed by atoms with Gasteiger partial charge >= 0.3 is 11.4 Å². The number of hydrogen-bond donors (Lipinski definition) is 4. The summed E-state index contributed by atoms with van der Waals surface area (Å²) in [6, 6.07) is 0. The number of aryl methyl sites for hydroxylation is 2. The Morgan fingerprint density at radius 3 is 1.48 bits per heavy atom. The van der Waals surface area contributed by atoms with E-state index in [1.54, 1.807) is 34.0 Å². The van der Waals surface area contributed by atoms with Crippen molar-refractivity contribution >= 4 is 56.1 Å². The highest BCUT2D eigenvalue weighted by atomic mass is 32.1. The van der Waals surface area contributed by atoms with Gasteiger partial charge in [0.15, 0.2) is 11.5 Å². The van der Waals surface area contributed by atoms with Crippen LogP contribution in [0, 0.1) is 13.8 Å². The van der Waals surface area contributed by atoms with E-state index in [0.29, 0.717) is 24.7 Å². The molecule has 0 radical (unpaired) electrons. The monoisotopic (exact) mass is 446 g/mol. The fourth-order valence-corrected chi connectivity index (χ4v) is 7.30. The first kappa shape index (κ1) is 17.1. The summed E-state index contributed by atoms with van der Waals surface area (Å²) in [4.78, 5) is 41.0. The second-order valence-corrected chi connectivity index (χ2v) is 10.2. The average molecular weight is 447 g/mol. The van der Waals surface area contributed by atoms with Crippen molar-refractivity contribution in [3.05, 3.63) is 30.7 Å². The summed E-state index contributed by atoms with van der Waals surface area (Å²) >= 11 is 4.76. The minimum absolute atomic E-state index is 0.226. The zero-order chi connectivity index (χ0) is 19.9. The summed E-state index contributed by atoms with van der Waals surface area (Å²) in [5.74, 6) is 1.39. The van der Waals surface area contributed by atoms with Gasteiger partial charge in [-0.15, -0.1) is 34.0 Å². The van der Waals surface area contributed by atoms with Crippen molar-refractivity contribution in [1.29, 1.82) is 0 Å². The van der Waals surface area contributed by atoms with E-state index in [1.165, 1.54) is 0 Å². The molecule has 0 aliphatic carbocycles. The number of thiophene rings is 3. The number of hydrogen-bond acceptors (Lipinski definition) is 7. The molecular weight excluding hydrogens is 432 g/mol. The van der Waals surface area contributed by atoms with Crippen LogP contribution in [-0.2, 0) is 0 Å². The van der Waals surface area contributed by atoms with E-state index in [1.807, 2.05) is 13.8 Å². The maximum Gasteiger partial charge on any atom is 0.323 e. The second kappa shape index (κ2) is 5.88. The molecule has 0 amide bonds. The van der Waals surface area contributed by atoms with Gasteiger partial charge in [-0.3, -0.25) is 0 Å². The molecule has 1 aliphatic rings. The van der Waals surface area contributed by atoms with E-state index in [0.717, 1.165) is 51.3 Å². The maximum atomic E-state index is 11.9. The van der Waals surface area contributed by atoms with Crippen molar-refractivity contribution in [2.45, 2.75) is 13.8 Å². The molecule has 1 aliphatic heterocycles. The van der Waals surface area contributed by atoms with Crippen LogP contribution in [0.1, 0.15) is 9.75 Å². The molecule has 0 fully saturated rings. The van der Waals surface area contributed by atoms with Gasteiger partial charge in [0.1, 0.15) is 13.2 Å². The predicted molar refractivity (Wildman–Crippen MR) is 116 cm³/mol. The molecule has 0 saturated carbocycles. The molecule has 0 bridgehead atoms. The Balaban J connectivity index is 1.66. The molecule has 0 saturated heterocycles. The predicted octanol–water partition coefficient (Wildman–Crippen LogP) is 3.93. The number of aromatic nitrogens is 4. The summed E-state index contributed by atoms with van der Waals surface area (Å²) < 4.78 is 12.0. The van der Waals surface area contributed by atoms with Crippen LogP contribution in [0.15, 0.2) is 9.59 Å². The molecule has 5 aromatic heterocycles.